The van der Waals surface area contributed by atoms with E-state index >= 15 is 0 Å². The quantitative estimate of drug-likeness (QED) is 0.490. The maximum atomic E-state index is 11.2. The van der Waals surface area contributed by atoms with E-state index in [9.17, 15) is 4.79 Å². The highest BCUT2D eigenvalue weighted by molar-refractivity contribution is 5.86. The second-order valence-electron chi connectivity index (χ2n) is 5.01. The summed E-state index contributed by atoms with van der Waals surface area (Å²) in [5.74, 6) is 1.46. The molecule has 2 aromatic rings. The first-order valence-corrected chi connectivity index (χ1v) is 7.15. The summed E-state index contributed by atoms with van der Waals surface area (Å²) in [6.07, 6.45) is 3.20. The predicted octanol–water partition coefficient (Wildman–Crippen LogP) is 3.72. The first kappa shape index (κ1) is 14.9. The van der Waals surface area contributed by atoms with Crippen molar-refractivity contribution in [1.29, 1.82) is 0 Å². The number of hydrogen-bond acceptors (Lipinski definition) is 4. The zero-order valence-electron chi connectivity index (χ0n) is 12.7. The molecule has 23 heavy (non-hydrogen) atoms. The Balaban J connectivity index is 1.85. The smallest absolute Gasteiger partial charge is 0.335 e. The molecule has 0 spiro atoms. The minimum atomic E-state index is -0.491. The lowest BCUT2D eigenvalue weighted by molar-refractivity contribution is -0.128. The summed E-state index contributed by atoms with van der Waals surface area (Å²) in [5.41, 5.74) is 3.11. The second kappa shape index (κ2) is 6.40. The summed E-state index contributed by atoms with van der Waals surface area (Å²) in [6, 6.07) is 13.1. The fraction of sp³-hybridized carbons (Fsp3) is 0.105. The normalized spacial score (nSPS) is 12.5. The van der Waals surface area contributed by atoms with Gasteiger partial charge in [0.05, 0.1) is 7.11 Å². The Hall–Kier alpha value is -3.01. The van der Waals surface area contributed by atoms with Gasteiger partial charge in [0.1, 0.15) is 23.9 Å². The highest BCUT2D eigenvalue weighted by Crippen LogP contribution is 2.33. The Bertz CT molecular complexity index is 772. The number of methoxy groups -OCH3 is 1. The Morgan fingerprint density at radius 1 is 1.17 bits per heavy atom. The van der Waals surface area contributed by atoms with Gasteiger partial charge in [-0.1, -0.05) is 18.7 Å². The minimum Gasteiger partial charge on any atom is -0.497 e. The van der Waals surface area contributed by atoms with Crippen molar-refractivity contribution in [2.24, 2.45) is 0 Å². The van der Waals surface area contributed by atoms with Crippen LogP contribution in [0.4, 0.5) is 0 Å². The van der Waals surface area contributed by atoms with Crippen molar-refractivity contribution in [1.82, 2.24) is 0 Å². The first-order chi connectivity index (χ1) is 11.2. The topological polar surface area (TPSA) is 44.8 Å². The molecule has 4 heteroatoms. The molecule has 3 rings (SSSR count). The molecule has 0 fully saturated rings. The van der Waals surface area contributed by atoms with Crippen molar-refractivity contribution >= 4 is 17.6 Å². The molecule has 116 valence electrons. The minimum absolute atomic E-state index is 0.440. The van der Waals surface area contributed by atoms with Gasteiger partial charge < -0.3 is 14.2 Å². The third kappa shape index (κ3) is 3.26. The van der Waals surface area contributed by atoms with Crippen LogP contribution < -0.4 is 14.2 Å². The number of hydrogen-bond donors (Lipinski definition) is 0. The predicted molar refractivity (Wildman–Crippen MR) is 88.6 cm³/mol. The zero-order chi connectivity index (χ0) is 16.2. The lowest BCUT2D eigenvalue weighted by Gasteiger charge is -2.19. The molecule has 2 aromatic carbocycles. The third-order valence-corrected chi connectivity index (χ3v) is 3.54. The van der Waals surface area contributed by atoms with Crippen LogP contribution in [0.15, 0.2) is 55.1 Å². The average molecular weight is 308 g/mol. The van der Waals surface area contributed by atoms with E-state index in [1.165, 1.54) is 0 Å². The van der Waals surface area contributed by atoms with Crippen LogP contribution in [0, 0.1) is 0 Å². The van der Waals surface area contributed by atoms with E-state index in [2.05, 4.69) is 12.7 Å². The molecule has 0 bridgehead atoms. The molecule has 0 radical (unpaired) electrons. The molecule has 4 nitrogen and oxygen atoms in total. The molecule has 0 saturated heterocycles. The van der Waals surface area contributed by atoms with Gasteiger partial charge in [-0.3, -0.25) is 0 Å². The van der Waals surface area contributed by atoms with Gasteiger partial charge >= 0.3 is 5.97 Å². The number of esters is 1. The van der Waals surface area contributed by atoms with E-state index in [1.807, 2.05) is 30.3 Å². The third-order valence-electron chi connectivity index (χ3n) is 3.54. The molecular formula is C19H16O4. The molecule has 0 unspecified atom stereocenters. The van der Waals surface area contributed by atoms with Crippen molar-refractivity contribution < 1.29 is 19.0 Å². The number of carbonyl (C=O) groups is 1. The summed E-state index contributed by atoms with van der Waals surface area (Å²) in [7, 11) is 1.64. The van der Waals surface area contributed by atoms with Crippen LogP contribution in [0.5, 0.6) is 17.2 Å². The monoisotopic (exact) mass is 308 g/mol. The average Bonchev–Trinajstić information content (AvgIpc) is 2.61. The van der Waals surface area contributed by atoms with Gasteiger partial charge in [0, 0.05) is 17.7 Å². The Morgan fingerprint density at radius 3 is 2.61 bits per heavy atom. The lowest BCUT2D eigenvalue weighted by atomic mass is 10.0. The van der Waals surface area contributed by atoms with Gasteiger partial charge in [-0.2, -0.15) is 0 Å². The van der Waals surface area contributed by atoms with Crippen LogP contribution in [0.1, 0.15) is 11.1 Å². The largest absolute Gasteiger partial charge is 0.497 e. The summed E-state index contributed by atoms with van der Waals surface area (Å²) < 4.78 is 16.0. The van der Waals surface area contributed by atoms with E-state index in [0.29, 0.717) is 18.1 Å². The molecule has 0 amide bonds. The summed E-state index contributed by atoms with van der Waals surface area (Å²) in [6.45, 7) is 3.83. The van der Waals surface area contributed by atoms with Gasteiger partial charge in [0.25, 0.3) is 0 Å². The van der Waals surface area contributed by atoms with Crippen LogP contribution >= 0.6 is 0 Å². The number of ether oxygens (including phenoxy) is 3. The van der Waals surface area contributed by atoms with Gasteiger partial charge in [0.15, 0.2) is 0 Å². The highest BCUT2D eigenvalue weighted by Gasteiger charge is 2.14. The summed E-state index contributed by atoms with van der Waals surface area (Å²) in [5, 5.41) is 0. The number of rotatable bonds is 4. The summed E-state index contributed by atoms with van der Waals surface area (Å²) in [4.78, 5) is 11.2. The molecule has 0 aromatic heterocycles. The number of fused-ring (bicyclic) bond motifs is 1. The van der Waals surface area contributed by atoms with E-state index < -0.39 is 5.97 Å². The van der Waals surface area contributed by atoms with Crippen LogP contribution in [0.25, 0.3) is 11.6 Å². The maximum absolute atomic E-state index is 11.2. The molecule has 0 atom stereocenters. The standard InChI is InChI=1S/C19H16O4/c1-3-19(20)23-17-9-6-14-10-15(12-22-18(14)11-17)13-4-7-16(21-2)8-5-13/h3-11H,1,12H2,2H3. The molecule has 0 saturated carbocycles. The van der Waals surface area contributed by atoms with E-state index in [-0.39, 0.29) is 0 Å². The number of carbonyl (C=O) groups excluding carboxylic acids is 1. The highest BCUT2D eigenvalue weighted by atomic mass is 16.5. The van der Waals surface area contributed by atoms with Crippen molar-refractivity contribution in [2.45, 2.75) is 0 Å². The Labute approximate surface area is 134 Å². The van der Waals surface area contributed by atoms with Crippen molar-refractivity contribution in [3.63, 3.8) is 0 Å². The lowest BCUT2D eigenvalue weighted by Crippen LogP contribution is -2.08. The zero-order valence-corrected chi connectivity index (χ0v) is 12.7. The van der Waals surface area contributed by atoms with E-state index in [4.69, 9.17) is 14.2 Å². The molecule has 1 aliphatic rings. The first-order valence-electron chi connectivity index (χ1n) is 7.15. The Kier molecular flexibility index (Phi) is 4.15. The fourth-order valence-corrected chi connectivity index (χ4v) is 2.34. The summed E-state index contributed by atoms with van der Waals surface area (Å²) >= 11 is 0. The molecule has 1 heterocycles. The van der Waals surface area contributed by atoms with Crippen molar-refractivity contribution in [2.75, 3.05) is 13.7 Å². The van der Waals surface area contributed by atoms with Crippen LogP contribution in [-0.2, 0) is 4.79 Å². The van der Waals surface area contributed by atoms with E-state index in [0.717, 1.165) is 28.5 Å². The fourth-order valence-electron chi connectivity index (χ4n) is 2.34. The van der Waals surface area contributed by atoms with Crippen molar-refractivity contribution in [3.8, 4) is 17.2 Å². The van der Waals surface area contributed by atoms with Crippen molar-refractivity contribution in [3.05, 3.63) is 66.2 Å². The van der Waals surface area contributed by atoms with Gasteiger partial charge in [-0.25, -0.2) is 4.79 Å². The number of benzene rings is 2. The molecule has 0 N–H and O–H groups in total. The second-order valence-corrected chi connectivity index (χ2v) is 5.01. The molecule has 0 aliphatic carbocycles. The molecular weight excluding hydrogens is 292 g/mol. The SMILES string of the molecule is C=CC(=O)Oc1ccc2c(c1)OCC(c1ccc(OC)cc1)=C2. The van der Waals surface area contributed by atoms with Gasteiger partial charge in [0.2, 0.25) is 0 Å². The molecule has 1 aliphatic heterocycles. The van der Waals surface area contributed by atoms with Crippen LogP contribution in [0.2, 0.25) is 0 Å². The van der Waals surface area contributed by atoms with Gasteiger partial charge in [-0.05, 0) is 41.5 Å². The van der Waals surface area contributed by atoms with Crippen LogP contribution in [-0.4, -0.2) is 19.7 Å². The van der Waals surface area contributed by atoms with Crippen LogP contribution in [0.3, 0.4) is 0 Å². The maximum Gasteiger partial charge on any atom is 0.335 e. The van der Waals surface area contributed by atoms with Gasteiger partial charge in [-0.15, -0.1) is 0 Å². The Morgan fingerprint density at radius 2 is 1.91 bits per heavy atom. The van der Waals surface area contributed by atoms with E-state index in [1.54, 1.807) is 19.2 Å².